The predicted octanol–water partition coefficient (Wildman–Crippen LogP) is 5.88. The van der Waals surface area contributed by atoms with Crippen LogP contribution >= 0.6 is 0 Å². The molecule has 1 aromatic carbocycles. The minimum atomic E-state index is -0.518. The van der Waals surface area contributed by atoms with Gasteiger partial charge in [-0.15, -0.1) is 0 Å². The van der Waals surface area contributed by atoms with Crippen molar-refractivity contribution in [3.63, 3.8) is 0 Å². The van der Waals surface area contributed by atoms with Crippen LogP contribution in [0.5, 0.6) is 0 Å². The van der Waals surface area contributed by atoms with Gasteiger partial charge in [0.05, 0.1) is 5.56 Å². The monoisotopic (exact) mass is 304 g/mol. The summed E-state index contributed by atoms with van der Waals surface area (Å²) < 4.78 is 28.0. The minimum Gasteiger partial charge on any atom is -0.206 e. The Bertz CT molecular complexity index is 520. The van der Waals surface area contributed by atoms with Crippen molar-refractivity contribution in [3.05, 3.63) is 34.9 Å². The van der Waals surface area contributed by atoms with E-state index in [0.29, 0.717) is 17.9 Å². The molecule has 1 aromatic rings. The van der Waals surface area contributed by atoms with Crippen molar-refractivity contribution < 1.29 is 8.78 Å². The van der Waals surface area contributed by atoms with Crippen LogP contribution in [0, 0.1) is 35.3 Å². The molecular weight excluding hydrogens is 278 g/mol. The van der Waals surface area contributed by atoms with Crippen molar-refractivity contribution in [3.8, 4) is 11.8 Å². The van der Waals surface area contributed by atoms with E-state index in [0.717, 1.165) is 25.2 Å². The number of rotatable bonds is 4. The Labute approximate surface area is 133 Å². The Hall–Kier alpha value is -1.36. The molecule has 2 heteroatoms. The van der Waals surface area contributed by atoms with Crippen LogP contribution in [0.25, 0.3) is 0 Å². The summed E-state index contributed by atoms with van der Waals surface area (Å²) in [5.41, 5.74) is 0.652. The Morgan fingerprint density at radius 2 is 1.64 bits per heavy atom. The quantitative estimate of drug-likeness (QED) is 0.610. The summed E-state index contributed by atoms with van der Waals surface area (Å²) in [6, 6.07) is 2.85. The van der Waals surface area contributed by atoms with Crippen LogP contribution in [0.15, 0.2) is 12.1 Å². The van der Waals surface area contributed by atoms with Gasteiger partial charge in [-0.3, -0.25) is 0 Å². The fraction of sp³-hybridized carbons (Fsp3) is 0.600. The maximum atomic E-state index is 14.0. The molecule has 0 aliphatic heterocycles. The predicted molar refractivity (Wildman–Crippen MR) is 87.6 cm³/mol. The lowest BCUT2D eigenvalue weighted by molar-refractivity contribution is 0.300. The maximum absolute atomic E-state index is 14.0. The average molecular weight is 304 g/mol. The van der Waals surface area contributed by atoms with Crippen LogP contribution in [-0.2, 0) is 6.42 Å². The van der Waals surface area contributed by atoms with Crippen molar-refractivity contribution in [2.75, 3.05) is 0 Å². The lowest BCUT2D eigenvalue weighted by atomic mass is 9.80. The third kappa shape index (κ3) is 4.57. The summed E-state index contributed by atoms with van der Waals surface area (Å²) in [6.45, 7) is 4.22. The molecule has 120 valence electrons. The molecule has 0 saturated heterocycles. The van der Waals surface area contributed by atoms with Crippen molar-refractivity contribution >= 4 is 0 Å². The zero-order valence-corrected chi connectivity index (χ0v) is 13.7. The van der Waals surface area contributed by atoms with Gasteiger partial charge in [-0.25, -0.2) is 8.78 Å². The molecule has 0 aromatic heterocycles. The summed E-state index contributed by atoms with van der Waals surface area (Å²) in [5.74, 6) is 5.95. The first-order valence-corrected chi connectivity index (χ1v) is 8.63. The normalized spacial score (nSPS) is 21.3. The third-order valence-corrected chi connectivity index (χ3v) is 4.59. The molecular formula is C20H26F2. The molecule has 1 aliphatic rings. The molecule has 0 N–H and O–H groups in total. The zero-order valence-electron chi connectivity index (χ0n) is 13.7. The van der Waals surface area contributed by atoms with E-state index in [1.54, 1.807) is 0 Å². The molecule has 1 aliphatic carbocycles. The van der Waals surface area contributed by atoms with Crippen molar-refractivity contribution in [1.29, 1.82) is 0 Å². The van der Waals surface area contributed by atoms with E-state index in [4.69, 9.17) is 0 Å². The van der Waals surface area contributed by atoms with Gasteiger partial charge in [-0.05, 0) is 55.7 Å². The van der Waals surface area contributed by atoms with E-state index in [1.165, 1.54) is 37.8 Å². The fourth-order valence-corrected chi connectivity index (χ4v) is 3.36. The highest BCUT2D eigenvalue weighted by molar-refractivity contribution is 5.39. The van der Waals surface area contributed by atoms with Crippen LogP contribution in [0.3, 0.4) is 0 Å². The average Bonchev–Trinajstić information content (AvgIpc) is 2.49. The van der Waals surface area contributed by atoms with Crippen molar-refractivity contribution in [2.24, 2.45) is 11.8 Å². The second kappa shape index (κ2) is 8.32. The van der Waals surface area contributed by atoms with Gasteiger partial charge in [0.15, 0.2) is 0 Å². The summed E-state index contributed by atoms with van der Waals surface area (Å²) in [4.78, 5) is 0. The van der Waals surface area contributed by atoms with Crippen LogP contribution in [0.2, 0.25) is 0 Å². The number of hydrogen-bond acceptors (Lipinski definition) is 0. The third-order valence-electron chi connectivity index (χ3n) is 4.59. The van der Waals surface area contributed by atoms with Gasteiger partial charge in [-0.1, -0.05) is 45.0 Å². The van der Waals surface area contributed by atoms with Gasteiger partial charge < -0.3 is 0 Å². The van der Waals surface area contributed by atoms with Gasteiger partial charge in [0.1, 0.15) is 11.6 Å². The molecule has 2 rings (SSSR count). The van der Waals surface area contributed by atoms with Crippen LogP contribution in [0.4, 0.5) is 8.78 Å². The van der Waals surface area contributed by atoms with Gasteiger partial charge >= 0.3 is 0 Å². The lowest BCUT2D eigenvalue weighted by Gasteiger charge is -2.25. The van der Waals surface area contributed by atoms with Crippen molar-refractivity contribution in [2.45, 2.75) is 65.2 Å². The number of benzene rings is 1. The SMILES string of the molecule is CCCc1cc(F)c(C#CC2CCC(CCC)CC2)c(F)c1. The Balaban J connectivity index is 2.03. The Morgan fingerprint density at radius 3 is 2.18 bits per heavy atom. The van der Waals surface area contributed by atoms with E-state index in [9.17, 15) is 8.78 Å². The topological polar surface area (TPSA) is 0 Å². The first-order chi connectivity index (χ1) is 10.6. The summed E-state index contributed by atoms with van der Waals surface area (Å²) in [5, 5.41) is 0. The molecule has 0 radical (unpaired) electrons. The maximum Gasteiger partial charge on any atom is 0.142 e. The molecule has 0 amide bonds. The molecule has 0 unspecified atom stereocenters. The minimum absolute atomic E-state index is 0.0597. The highest BCUT2D eigenvalue weighted by Crippen LogP contribution is 2.31. The Morgan fingerprint density at radius 1 is 1.00 bits per heavy atom. The van der Waals surface area contributed by atoms with Gasteiger partial charge in [-0.2, -0.15) is 0 Å². The molecule has 0 spiro atoms. The van der Waals surface area contributed by atoms with Crippen molar-refractivity contribution in [1.82, 2.24) is 0 Å². The molecule has 0 atom stereocenters. The molecule has 1 saturated carbocycles. The summed E-state index contributed by atoms with van der Waals surface area (Å²) in [7, 11) is 0. The number of aryl methyl sites for hydroxylation is 1. The van der Waals surface area contributed by atoms with E-state index in [1.807, 2.05) is 6.92 Å². The molecule has 1 fully saturated rings. The van der Waals surface area contributed by atoms with Crippen LogP contribution < -0.4 is 0 Å². The van der Waals surface area contributed by atoms with Gasteiger partial charge in [0.25, 0.3) is 0 Å². The van der Waals surface area contributed by atoms with E-state index in [-0.39, 0.29) is 5.56 Å². The molecule has 22 heavy (non-hydrogen) atoms. The molecule has 0 heterocycles. The smallest absolute Gasteiger partial charge is 0.142 e. The van der Waals surface area contributed by atoms with E-state index in [2.05, 4.69) is 18.8 Å². The fourth-order valence-electron chi connectivity index (χ4n) is 3.36. The number of halogens is 2. The van der Waals surface area contributed by atoms with E-state index < -0.39 is 11.6 Å². The van der Waals surface area contributed by atoms with Crippen LogP contribution in [-0.4, -0.2) is 0 Å². The molecule has 0 nitrogen and oxygen atoms in total. The first-order valence-electron chi connectivity index (χ1n) is 8.63. The van der Waals surface area contributed by atoms with Gasteiger partial charge in [0, 0.05) is 5.92 Å². The van der Waals surface area contributed by atoms with Crippen LogP contribution in [0.1, 0.15) is 69.9 Å². The largest absolute Gasteiger partial charge is 0.206 e. The summed E-state index contributed by atoms with van der Waals surface area (Å²) in [6.07, 6.45) is 8.64. The Kier molecular flexibility index (Phi) is 6.43. The zero-order chi connectivity index (χ0) is 15.9. The second-order valence-electron chi connectivity index (χ2n) is 6.46. The molecule has 0 bridgehead atoms. The van der Waals surface area contributed by atoms with E-state index >= 15 is 0 Å². The standard InChI is InChI=1S/C20H26F2/c1-3-5-15-7-9-16(10-8-15)11-12-18-19(21)13-17(6-4-2)14-20(18)22/h13-16H,3-10H2,1-2H3. The highest BCUT2D eigenvalue weighted by atomic mass is 19.1. The second-order valence-corrected chi connectivity index (χ2v) is 6.46. The summed E-state index contributed by atoms with van der Waals surface area (Å²) >= 11 is 0. The van der Waals surface area contributed by atoms with Gasteiger partial charge in [0.2, 0.25) is 0 Å². The lowest BCUT2D eigenvalue weighted by Crippen LogP contribution is -2.13. The highest BCUT2D eigenvalue weighted by Gasteiger charge is 2.19. The first kappa shape index (κ1) is 17.0. The number of hydrogen-bond donors (Lipinski definition) is 0.